The standard InChI is InChI=1S/C40H80NO8P/c1-7-10-12-14-16-18-20-21-23-24-26-28-30-32-39(42)46-35-38(36-47-50(44,45)49-37(9-3)34-41(4,5)6)48-40(43)33-31-29-27-25-22-19-17-15-13-11-8-2/h37-38H,7-36H2,1-6H3/t37?,38-/m1/s1. The molecule has 0 fully saturated rings. The van der Waals surface area contributed by atoms with Crippen LogP contribution in [0.2, 0.25) is 0 Å². The number of ether oxygens (including phenoxy) is 2. The molecule has 9 nitrogen and oxygen atoms in total. The Labute approximate surface area is 308 Å². The van der Waals surface area contributed by atoms with Gasteiger partial charge in [-0.25, -0.2) is 0 Å². The van der Waals surface area contributed by atoms with Crippen LogP contribution in [0.5, 0.6) is 0 Å². The lowest BCUT2D eigenvalue weighted by molar-refractivity contribution is -0.873. The molecule has 0 radical (unpaired) electrons. The van der Waals surface area contributed by atoms with Gasteiger partial charge in [0, 0.05) is 12.8 Å². The zero-order chi connectivity index (χ0) is 37.4. The van der Waals surface area contributed by atoms with Crippen molar-refractivity contribution in [3.63, 3.8) is 0 Å². The molecule has 3 atom stereocenters. The van der Waals surface area contributed by atoms with E-state index < -0.39 is 32.6 Å². The average Bonchev–Trinajstić information content (AvgIpc) is 3.05. The van der Waals surface area contributed by atoms with Gasteiger partial charge in [-0.15, -0.1) is 0 Å². The van der Waals surface area contributed by atoms with Gasteiger partial charge in [0.1, 0.15) is 19.3 Å². The molecule has 0 aliphatic heterocycles. The van der Waals surface area contributed by atoms with Crippen molar-refractivity contribution in [1.82, 2.24) is 0 Å². The van der Waals surface area contributed by atoms with Crippen LogP contribution in [0.3, 0.4) is 0 Å². The number of carbonyl (C=O) groups is 2. The number of quaternary nitrogens is 1. The highest BCUT2D eigenvalue weighted by Gasteiger charge is 2.25. The maximum atomic E-state index is 12.7. The minimum atomic E-state index is -4.68. The largest absolute Gasteiger partial charge is 0.756 e. The monoisotopic (exact) mass is 734 g/mol. The summed E-state index contributed by atoms with van der Waals surface area (Å²) in [5.74, 6) is -0.824. The first-order chi connectivity index (χ1) is 23.9. The summed E-state index contributed by atoms with van der Waals surface area (Å²) in [5, 5.41) is 0. The Bertz CT molecular complexity index is 850. The van der Waals surface area contributed by atoms with Crippen LogP contribution in [-0.2, 0) is 32.7 Å². The Morgan fingerprint density at radius 3 is 1.32 bits per heavy atom. The maximum Gasteiger partial charge on any atom is 0.306 e. The summed E-state index contributed by atoms with van der Waals surface area (Å²) in [6.07, 6.45) is 28.3. The fourth-order valence-corrected chi connectivity index (χ4v) is 7.07. The van der Waals surface area contributed by atoms with E-state index in [1.54, 1.807) is 0 Å². The molecule has 0 bridgehead atoms. The van der Waals surface area contributed by atoms with Crippen molar-refractivity contribution in [2.24, 2.45) is 0 Å². The second-order valence-electron chi connectivity index (χ2n) is 15.4. The first kappa shape index (κ1) is 49.0. The van der Waals surface area contributed by atoms with Crippen LogP contribution in [0.25, 0.3) is 0 Å². The highest BCUT2D eigenvalue weighted by Crippen LogP contribution is 2.41. The van der Waals surface area contributed by atoms with Crippen LogP contribution in [-0.4, -0.2) is 69.5 Å². The van der Waals surface area contributed by atoms with Crippen molar-refractivity contribution in [2.45, 2.75) is 206 Å². The normalized spacial score (nSPS) is 14.3. The van der Waals surface area contributed by atoms with Crippen molar-refractivity contribution >= 4 is 19.8 Å². The molecule has 0 spiro atoms. The van der Waals surface area contributed by atoms with Gasteiger partial charge < -0.3 is 27.9 Å². The topological polar surface area (TPSA) is 111 Å². The molecule has 0 aromatic rings. The van der Waals surface area contributed by atoms with Gasteiger partial charge in [0.25, 0.3) is 7.82 Å². The molecule has 0 N–H and O–H groups in total. The molecule has 0 saturated carbocycles. The van der Waals surface area contributed by atoms with Gasteiger partial charge in [0.15, 0.2) is 6.10 Å². The molecule has 0 aromatic heterocycles. The maximum absolute atomic E-state index is 12.7. The molecule has 0 rings (SSSR count). The van der Waals surface area contributed by atoms with Gasteiger partial charge in [0.05, 0.1) is 27.7 Å². The summed E-state index contributed by atoms with van der Waals surface area (Å²) in [7, 11) is 1.20. The Morgan fingerprint density at radius 2 is 0.940 bits per heavy atom. The van der Waals surface area contributed by atoms with Crippen molar-refractivity contribution in [1.29, 1.82) is 0 Å². The molecule has 0 aromatic carbocycles. The van der Waals surface area contributed by atoms with Crippen LogP contribution in [0.4, 0.5) is 0 Å². The van der Waals surface area contributed by atoms with E-state index >= 15 is 0 Å². The minimum Gasteiger partial charge on any atom is -0.756 e. The Kier molecular flexibility index (Phi) is 32.0. The molecule has 0 aliphatic rings. The average molecular weight is 734 g/mol. The lowest BCUT2D eigenvalue weighted by Gasteiger charge is -2.33. The SMILES string of the molecule is CCCCCCCCCCCCCCCC(=O)OC[C@H](COP(=O)([O-])OC(CC)C[N+](C)(C)C)OC(=O)CCCCCCCCCCCCC. The van der Waals surface area contributed by atoms with Gasteiger partial charge in [-0.1, -0.05) is 162 Å². The van der Waals surface area contributed by atoms with Crippen molar-refractivity contribution in [3.05, 3.63) is 0 Å². The van der Waals surface area contributed by atoms with Crippen LogP contribution < -0.4 is 4.89 Å². The molecule has 298 valence electrons. The van der Waals surface area contributed by atoms with Crippen molar-refractivity contribution < 1.29 is 42.1 Å². The van der Waals surface area contributed by atoms with E-state index in [1.807, 2.05) is 28.1 Å². The Hall–Kier alpha value is -0.990. The number of likely N-dealkylation sites (N-methyl/N-ethyl adjacent to an activating group) is 1. The van der Waals surface area contributed by atoms with Crippen LogP contribution in [0.15, 0.2) is 0 Å². The fraction of sp³-hybridized carbons (Fsp3) is 0.950. The zero-order valence-corrected chi connectivity index (χ0v) is 34.4. The van der Waals surface area contributed by atoms with Gasteiger partial charge in [0.2, 0.25) is 0 Å². The van der Waals surface area contributed by atoms with E-state index in [-0.39, 0.29) is 25.4 Å². The molecule has 0 aliphatic carbocycles. The van der Waals surface area contributed by atoms with Gasteiger partial charge in [-0.05, 0) is 19.3 Å². The molecule has 50 heavy (non-hydrogen) atoms. The van der Waals surface area contributed by atoms with Crippen LogP contribution >= 0.6 is 7.82 Å². The summed E-state index contributed by atoms with van der Waals surface area (Å²) in [6.45, 7) is 6.11. The molecular weight excluding hydrogens is 653 g/mol. The fourth-order valence-electron chi connectivity index (χ4n) is 6.07. The van der Waals surface area contributed by atoms with E-state index in [0.717, 1.165) is 32.1 Å². The highest BCUT2D eigenvalue weighted by atomic mass is 31.2. The predicted octanol–water partition coefficient (Wildman–Crippen LogP) is 10.6. The molecular formula is C40H80NO8P. The summed E-state index contributed by atoms with van der Waals surface area (Å²) in [6, 6.07) is 0. The van der Waals surface area contributed by atoms with E-state index in [0.29, 0.717) is 23.9 Å². The zero-order valence-electron chi connectivity index (χ0n) is 33.5. The third-order valence-electron chi connectivity index (χ3n) is 9.10. The number of hydrogen-bond donors (Lipinski definition) is 0. The van der Waals surface area contributed by atoms with E-state index in [4.69, 9.17) is 18.5 Å². The van der Waals surface area contributed by atoms with Crippen LogP contribution in [0.1, 0.15) is 194 Å². The number of hydrogen-bond acceptors (Lipinski definition) is 8. The second-order valence-corrected chi connectivity index (χ2v) is 16.8. The first-order valence-corrected chi connectivity index (χ1v) is 22.2. The lowest BCUT2D eigenvalue weighted by atomic mass is 10.0. The molecule has 10 heteroatoms. The number of unbranched alkanes of at least 4 members (excludes halogenated alkanes) is 22. The van der Waals surface area contributed by atoms with Crippen molar-refractivity contribution in [3.8, 4) is 0 Å². The minimum absolute atomic E-state index is 0.230. The molecule has 0 heterocycles. The van der Waals surface area contributed by atoms with Crippen LogP contribution in [0, 0.1) is 0 Å². The molecule has 0 amide bonds. The summed E-state index contributed by atoms with van der Waals surface area (Å²) in [5.41, 5.74) is 0. The Morgan fingerprint density at radius 1 is 0.560 bits per heavy atom. The third-order valence-corrected chi connectivity index (χ3v) is 10.1. The number of phosphoric acid groups is 1. The molecule has 2 unspecified atom stereocenters. The van der Waals surface area contributed by atoms with E-state index in [1.165, 1.54) is 116 Å². The first-order valence-electron chi connectivity index (χ1n) is 20.7. The molecule has 0 saturated heterocycles. The number of carbonyl (C=O) groups excluding carboxylic acids is 2. The highest BCUT2D eigenvalue weighted by molar-refractivity contribution is 7.45. The Balaban J connectivity index is 4.57. The predicted molar refractivity (Wildman–Crippen MR) is 204 cm³/mol. The van der Waals surface area contributed by atoms with Gasteiger partial charge in [-0.2, -0.15) is 0 Å². The number of esters is 2. The third kappa shape index (κ3) is 34.1. The second kappa shape index (κ2) is 32.6. The van der Waals surface area contributed by atoms with E-state index in [9.17, 15) is 19.0 Å². The quantitative estimate of drug-likeness (QED) is 0.0268. The lowest BCUT2D eigenvalue weighted by Crippen LogP contribution is -2.42. The van der Waals surface area contributed by atoms with Gasteiger partial charge >= 0.3 is 11.9 Å². The van der Waals surface area contributed by atoms with Crippen molar-refractivity contribution in [2.75, 3.05) is 40.9 Å². The summed E-state index contributed by atoms with van der Waals surface area (Å²) >= 11 is 0. The smallest absolute Gasteiger partial charge is 0.306 e. The number of rotatable bonds is 37. The summed E-state index contributed by atoms with van der Waals surface area (Å²) < 4.78 is 34.7. The summed E-state index contributed by atoms with van der Waals surface area (Å²) in [4.78, 5) is 37.8. The number of phosphoric ester groups is 1. The van der Waals surface area contributed by atoms with E-state index in [2.05, 4.69) is 13.8 Å². The van der Waals surface area contributed by atoms with Gasteiger partial charge in [-0.3, -0.25) is 14.2 Å². The number of nitrogens with zero attached hydrogens (tertiary/aromatic N) is 1.